The fourth-order valence-corrected chi connectivity index (χ4v) is 3.49. The van der Waals surface area contributed by atoms with Crippen LogP contribution in [0.4, 0.5) is 0 Å². The summed E-state index contributed by atoms with van der Waals surface area (Å²) in [6.07, 6.45) is 3.06. The van der Waals surface area contributed by atoms with Gasteiger partial charge in [0.2, 0.25) is 0 Å². The Labute approximate surface area is 139 Å². The molecule has 1 fully saturated rings. The third-order valence-corrected chi connectivity index (χ3v) is 4.18. The number of hydrogen-bond acceptors (Lipinski definition) is 3. The van der Waals surface area contributed by atoms with Gasteiger partial charge in [-0.15, -0.1) is 0 Å². The van der Waals surface area contributed by atoms with E-state index in [2.05, 4.69) is 27.4 Å². The fraction of sp³-hybridized carbons (Fsp3) is 0.550. The van der Waals surface area contributed by atoms with E-state index in [0.29, 0.717) is 23.8 Å². The Morgan fingerprint density at radius 3 is 2.74 bits per heavy atom. The van der Waals surface area contributed by atoms with Crippen molar-refractivity contribution >= 4 is 5.97 Å². The Morgan fingerprint density at radius 2 is 2.09 bits per heavy atom. The lowest BCUT2D eigenvalue weighted by Gasteiger charge is -2.38. The Hall–Kier alpha value is -1.77. The van der Waals surface area contributed by atoms with E-state index in [1.165, 1.54) is 6.42 Å². The van der Waals surface area contributed by atoms with Crippen LogP contribution in [0.1, 0.15) is 57.3 Å². The smallest absolute Gasteiger partial charge is 0.338 e. The van der Waals surface area contributed by atoms with Crippen molar-refractivity contribution < 1.29 is 14.3 Å². The number of ether oxygens (including phenoxy) is 2. The second kappa shape index (κ2) is 7.20. The Balaban J connectivity index is 2.00. The number of carbonyl (C=O) groups excluding carboxylic acids is 1. The molecule has 3 nitrogen and oxygen atoms in total. The van der Waals surface area contributed by atoms with Crippen molar-refractivity contribution in [2.75, 3.05) is 6.61 Å². The van der Waals surface area contributed by atoms with Crippen molar-refractivity contribution in [3.8, 4) is 5.75 Å². The van der Waals surface area contributed by atoms with Gasteiger partial charge < -0.3 is 9.47 Å². The fourth-order valence-electron chi connectivity index (χ4n) is 3.49. The molecule has 0 radical (unpaired) electrons. The number of rotatable bonds is 5. The molecule has 1 aromatic carbocycles. The molecule has 0 saturated heterocycles. The average Bonchev–Trinajstić information content (AvgIpc) is 2.43. The second-order valence-corrected chi connectivity index (χ2v) is 7.71. The molecule has 0 N–H and O–H groups in total. The zero-order valence-corrected chi connectivity index (χ0v) is 14.7. The van der Waals surface area contributed by atoms with Gasteiger partial charge in [0.25, 0.3) is 0 Å². The topological polar surface area (TPSA) is 35.5 Å². The highest BCUT2D eigenvalue weighted by molar-refractivity contribution is 5.90. The van der Waals surface area contributed by atoms with Crippen LogP contribution in [0.3, 0.4) is 0 Å². The monoisotopic (exact) mass is 316 g/mol. The van der Waals surface area contributed by atoms with Gasteiger partial charge in [0.15, 0.2) is 0 Å². The second-order valence-electron chi connectivity index (χ2n) is 7.71. The molecule has 2 rings (SSSR count). The lowest BCUT2D eigenvalue weighted by molar-refractivity contribution is -0.00717. The maximum absolute atomic E-state index is 12.4. The Morgan fingerprint density at radius 1 is 1.35 bits per heavy atom. The van der Waals surface area contributed by atoms with Crippen molar-refractivity contribution in [3.63, 3.8) is 0 Å². The molecule has 0 heterocycles. The molecular formula is C20H28O3. The number of benzene rings is 1. The summed E-state index contributed by atoms with van der Waals surface area (Å²) in [5, 5.41) is 0. The van der Waals surface area contributed by atoms with Gasteiger partial charge in [-0.25, -0.2) is 4.79 Å². The summed E-state index contributed by atoms with van der Waals surface area (Å²) < 4.78 is 11.3. The third kappa shape index (κ3) is 5.42. The van der Waals surface area contributed by atoms with E-state index in [9.17, 15) is 4.79 Å². The van der Waals surface area contributed by atoms with Crippen LogP contribution in [-0.4, -0.2) is 18.7 Å². The van der Waals surface area contributed by atoms with Crippen LogP contribution in [0.15, 0.2) is 36.4 Å². The van der Waals surface area contributed by atoms with Crippen LogP contribution >= 0.6 is 0 Å². The molecule has 23 heavy (non-hydrogen) atoms. The van der Waals surface area contributed by atoms with Gasteiger partial charge in [-0.2, -0.15) is 0 Å². The minimum absolute atomic E-state index is 0.00115. The summed E-state index contributed by atoms with van der Waals surface area (Å²) in [4.78, 5) is 12.4. The minimum Gasteiger partial charge on any atom is -0.489 e. The highest BCUT2D eigenvalue weighted by atomic mass is 16.5. The van der Waals surface area contributed by atoms with Crippen LogP contribution in [-0.2, 0) is 4.74 Å². The molecule has 1 aromatic rings. The quantitative estimate of drug-likeness (QED) is 0.565. The van der Waals surface area contributed by atoms with Crippen molar-refractivity contribution in [3.05, 3.63) is 42.0 Å². The largest absolute Gasteiger partial charge is 0.489 e. The molecule has 126 valence electrons. The van der Waals surface area contributed by atoms with Crippen LogP contribution in [0.2, 0.25) is 0 Å². The summed E-state index contributed by atoms with van der Waals surface area (Å²) in [5.74, 6) is 0.988. The average molecular weight is 316 g/mol. The van der Waals surface area contributed by atoms with E-state index in [4.69, 9.17) is 9.47 Å². The van der Waals surface area contributed by atoms with E-state index in [1.54, 1.807) is 12.1 Å². The molecule has 1 aliphatic rings. The first kappa shape index (κ1) is 17.6. The summed E-state index contributed by atoms with van der Waals surface area (Å²) in [5.41, 5.74) is 1.71. The first-order chi connectivity index (χ1) is 10.7. The van der Waals surface area contributed by atoms with Gasteiger partial charge in [-0.05, 0) is 61.3 Å². The molecule has 3 heteroatoms. The number of esters is 1. The molecule has 2 unspecified atom stereocenters. The van der Waals surface area contributed by atoms with Crippen molar-refractivity contribution in [2.24, 2.45) is 11.3 Å². The van der Waals surface area contributed by atoms with E-state index < -0.39 is 0 Å². The van der Waals surface area contributed by atoms with Crippen molar-refractivity contribution in [1.29, 1.82) is 0 Å². The van der Waals surface area contributed by atoms with Crippen molar-refractivity contribution in [1.82, 2.24) is 0 Å². The summed E-state index contributed by atoms with van der Waals surface area (Å²) in [7, 11) is 0. The zero-order chi connectivity index (χ0) is 17.0. The van der Waals surface area contributed by atoms with Gasteiger partial charge in [-0.1, -0.05) is 33.4 Å². The first-order valence-corrected chi connectivity index (χ1v) is 8.33. The number of carbonyl (C=O) groups is 1. The van der Waals surface area contributed by atoms with E-state index in [0.717, 1.165) is 18.4 Å². The van der Waals surface area contributed by atoms with E-state index in [-0.39, 0.29) is 17.5 Å². The SMILES string of the molecule is C=C(C)COc1cccc(C(=O)OC2CC(C)CC(C)(C)C2)c1. The minimum atomic E-state index is -0.263. The predicted octanol–water partition coefficient (Wildman–Crippen LogP) is 5.01. The molecule has 1 aliphatic carbocycles. The maximum Gasteiger partial charge on any atom is 0.338 e. The van der Waals surface area contributed by atoms with Gasteiger partial charge in [0, 0.05) is 0 Å². The predicted molar refractivity (Wildman–Crippen MR) is 92.8 cm³/mol. The molecule has 0 aromatic heterocycles. The normalized spacial score (nSPS) is 23.1. The maximum atomic E-state index is 12.4. The lowest BCUT2D eigenvalue weighted by atomic mass is 9.71. The first-order valence-electron chi connectivity index (χ1n) is 8.33. The highest BCUT2D eigenvalue weighted by Crippen LogP contribution is 2.39. The molecule has 0 spiro atoms. The van der Waals surface area contributed by atoms with Crippen LogP contribution < -0.4 is 4.74 Å². The van der Waals surface area contributed by atoms with Gasteiger partial charge in [-0.3, -0.25) is 0 Å². The van der Waals surface area contributed by atoms with Crippen molar-refractivity contribution in [2.45, 2.75) is 53.1 Å². The van der Waals surface area contributed by atoms with Crippen LogP contribution in [0, 0.1) is 11.3 Å². The number of hydrogen-bond donors (Lipinski definition) is 0. The van der Waals surface area contributed by atoms with Gasteiger partial charge >= 0.3 is 5.97 Å². The van der Waals surface area contributed by atoms with Crippen LogP contribution in [0.25, 0.3) is 0 Å². The molecular weight excluding hydrogens is 288 g/mol. The van der Waals surface area contributed by atoms with E-state index >= 15 is 0 Å². The zero-order valence-electron chi connectivity index (χ0n) is 14.7. The highest BCUT2D eigenvalue weighted by Gasteiger charge is 2.34. The molecule has 0 bridgehead atoms. The third-order valence-electron chi connectivity index (χ3n) is 4.18. The summed E-state index contributed by atoms with van der Waals surface area (Å²) in [6, 6.07) is 7.17. The van der Waals surface area contributed by atoms with Gasteiger partial charge in [0.05, 0.1) is 5.56 Å². The lowest BCUT2D eigenvalue weighted by Crippen LogP contribution is -2.33. The van der Waals surface area contributed by atoms with Gasteiger partial charge in [0.1, 0.15) is 18.5 Å². The van der Waals surface area contributed by atoms with E-state index in [1.807, 2.05) is 19.1 Å². The molecule has 0 aliphatic heterocycles. The Bertz CT molecular complexity index is 574. The summed E-state index contributed by atoms with van der Waals surface area (Å²) in [6.45, 7) is 12.9. The molecule has 1 saturated carbocycles. The standard InChI is InChI=1S/C20H28O3/c1-14(2)13-22-17-8-6-7-16(10-17)19(21)23-18-9-15(3)11-20(4,5)12-18/h6-8,10,15,18H,1,9,11-13H2,2-5H3. The van der Waals surface area contributed by atoms with Crippen LogP contribution in [0.5, 0.6) is 5.75 Å². The summed E-state index contributed by atoms with van der Waals surface area (Å²) >= 11 is 0. The molecule has 2 atom stereocenters. The molecule has 0 amide bonds. The Kier molecular flexibility index (Phi) is 5.51.